The number of rotatable bonds is 9. The minimum Gasteiger partial charge on any atom is -0.497 e. The summed E-state index contributed by atoms with van der Waals surface area (Å²) in [7, 11) is 0.0291. The fourth-order valence-corrected chi connectivity index (χ4v) is 6.14. The second-order valence-corrected chi connectivity index (χ2v) is 12.9. The standard InChI is InChI=1S/C31H34N8O4S/c1-37(44(3,41)42)23-14-16-38(17-15-23)29-13-10-22(19-32-29)31(40)35-28-18-27(30-33-25-6-4-5-7-26(25)34-30)39(36-28)20-21-8-11-24(43-2)12-9-21/h4-13,18-19,23H,14-17,20H2,1-3H3,(H,33,34)(H,35,36,40). The van der Waals surface area contributed by atoms with Crippen LogP contribution in [0.2, 0.25) is 0 Å². The van der Waals surface area contributed by atoms with Gasteiger partial charge in [0.05, 0.1) is 36.5 Å². The third-order valence-corrected chi connectivity index (χ3v) is 9.33. The number of H-pyrrole nitrogens is 1. The van der Waals surface area contributed by atoms with Gasteiger partial charge >= 0.3 is 0 Å². The number of para-hydroxylation sites is 2. The highest BCUT2D eigenvalue weighted by Crippen LogP contribution is 2.26. The number of anilines is 2. The maximum atomic E-state index is 13.2. The molecule has 4 heterocycles. The Morgan fingerprint density at radius 2 is 1.84 bits per heavy atom. The number of aromatic nitrogens is 5. The highest BCUT2D eigenvalue weighted by atomic mass is 32.2. The first-order chi connectivity index (χ1) is 21.2. The van der Waals surface area contributed by atoms with Crippen LogP contribution in [0.5, 0.6) is 5.75 Å². The molecule has 0 saturated carbocycles. The van der Waals surface area contributed by atoms with E-state index in [4.69, 9.17) is 14.8 Å². The maximum Gasteiger partial charge on any atom is 0.258 e. The molecule has 44 heavy (non-hydrogen) atoms. The molecule has 0 atom stereocenters. The van der Waals surface area contributed by atoms with E-state index in [1.54, 1.807) is 37.2 Å². The van der Waals surface area contributed by atoms with E-state index in [0.29, 0.717) is 49.7 Å². The van der Waals surface area contributed by atoms with Crippen LogP contribution >= 0.6 is 0 Å². The minimum atomic E-state index is -3.23. The average Bonchev–Trinajstić information content (AvgIpc) is 3.64. The smallest absolute Gasteiger partial charge is 0.258 e. The summed E-state index contributed by atoms with van der Waals surface area (Å²) < 4.78 is 32.3. The largest absolute Gasteiger partial charge is 0.497 e. The lowest BCUT2D eigenvalue weighted by atomic mass is 10.1. The first-order valence-electron chi connectivity index (χ1n) is 14.3. The molecule has 0 aliphatic carbocycles. The Balaban J connectivity index is 1.18. The molecule has 13 heteroatoms. The molecule has 1 aliphatic rings. The fraction of sp³-hybridized carbons (Fsp3) is 0.290. The molecular weight excluding hydrogens is 580 g/mol. The normalized spacial score (nSPS) is 14.3. The van der Waals surface area contributed by atoms with Crippen molar-refractivity contribution in [3.05, 3.63) is 84.1 Å². The van der Waals surface area contributed by atoms with E-state index >= 15 is 0 Å². The number of amides is 1. The Morgan fingerprint density at radius 3 is 2.50 bits per heavy atom. The zero-order chi connectivity index (χ0) is 30.8. The van der Waals surface area contributed by atoms with Gasteiger partial charge in [-0.3, -0.25) is 9.48 Å². The minimum absolute atomic E-state index is 0.0275. The summed E-state index contributed by atoms with van der Waals surface area (Å²) >= 11 is 0. The van der Waals surface area contributed by atoms with E-state index in [-0.39, 0.29) is 11.9 Å². The van der Waals surface area contributed by atoms with Gasteiger partial charge in [0.2, 0.25) is 10.0 Å². The summed E-state index contributed by atoms with van der Waals surface area (Å²) in [6, 6.07) is 20.9. The predicted octanol–water partition coefficient (Wildman–Crippen LogP) is 3.99. The van der Waals surface area contributed by atoms with E-state index in [9.17, 15) is 13.2 Å². The first kappa shape index (κ1) is 29.3. The summed E-state index contributed by atoms with van der Waals surface area (Å²) in [4.78, 5) is 28.0. The van der Waals surface area contributed by atoms with Crippen molar-refractivity contribution in [1.82, 2.24) is 29.0 Å². The molecule has 6 rings (SSSR count). The van der Waals surface area contributed by atoms with Crippen molar-refractivity contribution in [2.45, 2.75) is 25.4 Å². The molecule has 0 unspecified atom stereocenters. The van der Waals surface area contributed by atoms with Crippen molar-refractivity contribution in [3.8, 4) is 17.3 Å². The summed E-state index contributed by atoms with van der Waals surface area (Å²) in [5.74, 6) is 2.22. The van der Waals surface area contributed by atoms with Gasteiger partial charge in [-0.15, -0.1) is 0 Å². The highest BCUT2D eigenvalue weighted by Gasteiger charge is 2.27. The van der Waals surface area contributed by atoms with Crippen molar-refractivity contribution < 1.29 is 17.9 Å². The van der Waals surface area contributed by atoms with Gasteiger partial charge in [-0.2, -0.15) is 5.10 Å². The molecule has 0 radical (unpaired) electrons. The number of methoxy groups -OCH3 is 1. The highest BCUT2D eigenvalue weighted by molar-refractivity contribution is 7.88. The number of piperidine rings is 1. The molecule has 0 spiro atoms. The summed E-state index contributed by atoms with van der Waals surface area (Å²) in [5.41, 5.74) is 3.88. The van der Waals surface area contributed by atoms with Crippen LogP contribution in [-0.2, 0) is 16.6 Å². The lowest BCUT2D eigenvalue weighted by Gasteiger charge is -2.36. The first-order valence-corrected chi connectivity index (χ1v) is 16.1. The fourth-order valence-electron chi connectivity index (χ4n) is 5.39. The number of pyridine rings is 1. The van der Waals surface area contributed by atoms with Gasteiger partial charge in [0.15, 0.2) is 11.6 Å². The Labute approximate surface area is 255 Å². The molecule has 2 N–H and O–H groups in total. The van der Waals surface area contributed by atoms with Gasteiger partial charge in [-0.1, -0.05) is 24.3 Å². The van der Waals surface area contributed by atoms with Crippen LogP contribution in [0.1, 0.15) is 28.8 Å². The number of nitrogens with one attached hydrogen (secondary N) is 2. The second-order valence-electron chi connectivity index (χ2n) is 10.9. The van der Waals surface area contributed by atoms with E-state index in [2.05, 4.69) is 20.2 Å². The molecule has 5 aromatic rings. The molecule has 12 nitrogen and oxygen atoms in total. The number of fused-ring (bicyclic) bond motifs is 1. The van der Waals surface area contributed by atoms with Crippen molar-refractivity contribution >= 4 is 38.6 Å². The van der Waals surface area contributed by atoms with Gasteiger partial charge in [0.25, 0.3) is 5.91 Å². The molecular formula is C31H34N8O4S. The summed E-state index contributed by atoms with van der Waals surface area (Å²) in [6.45, 7) is 1.82. The topological polar surface area (TPSA) is 138 Å². The predicted molar refractivity (Wildman–Crippen MR) is 169 cm³/mol. The van der Waals surface area contributed by atoms with Crippen LogP contribution < -0.4 is 15.0 Å². The summed E-state index contributed by atoms with van der Waals surface area (Å²) in [6.07, 6.45) is 4.20. The maximum absolute atomic E-state index is 13.2. The number of benzene rings is 2. The Hall–Kier alpha value is -4.75. The van der Waals surface area contributed by atoms with Crippen LogP contribution in [0.25, 0.3) is 22.6 Å². The van der Waals surface area contributed by atoms with Crippen LogP contribution in [0.4, 0.5) is 11.6 Å². The Morgan fingerprint density at radius 1 is 1.09 bits per heavy atom. The van der Waals surface area contributed by atoms with Crippen molar-refractivity contribution in [1.29, 1.82) is 0 Å². The third kappa shape index (κ3) is 6.29. The Bertz CT molecular complexity index is 1840. The molecule has 0 bridgehead atoms. The number of ether oxygens (including phenoxy) is 1. The zero-order valence-electron chi connectivity index (χ0n) is 24.8. The van der Waals surface area contributed by atoms with E-state index in [1.165, 1.54) is 10.6 Å². The number of sulfonamides is 1. The number of aromatic amines is 1. The monoisotopic (exact) mass is 614 g/mol. The lowest BCUT2D eigenvalue weighted by molar-refractivity contribution is 0.102. The lowest BCUT2D eigenvalue weighted by Crippen LogP contribution is -2.45. The van der Waals surface area contributed by atoms with E-state index in [0.717, 1.165) is 33.9 Å². The van der Waals surface area contributed by atoms with E-state index in [1.807, 2.05) is 54.6 Å². The number of nitrogens with zero attached hydrogens (tertiary/aromatic N) is 6. The summed E-state index contributed by atoms with van der Waals surface area (Å²) in [5, 5.41) is 7.62. The van der Waals surface area contributed by atoms with Gasteiger partial charge in [0, 0.05) is 38.4 Å². The number of hydrogen-bond donors (Lipinski definition) is 2. The second kappa shape index (κ2) is 12.1. The SMILES string of the molecule is COc1ccc(Cn2nc(NC(=O)c3ccc(N4CCC(N(C)S(C)(=O)=O)CC4)nc3)cc2-c2nc3ccccc3[nH]2)cc1. The zero-order valence-corrected chi connectivity index (χ0v) is 25.6. The van der Waals surface area contributed by atoms with Crippen molar-refractivity contribution in [2.75, 3.05) is 43.7 Å². The van der Waals surface area contributed by atoms with E-state index < -0.39 is 10.0 Å². The number of carbonyl (C=O) groups excluding carboxylic acids is 1. The molecule has 1 saturated heterocycles. The molecule has 2 aromatic carbocycles. The van der Waals surface area contributed by atoms with Crippen LogP contribution in [0.3, 0.4) is 0 Å². The quantitative estimate of drug-likeness (QED) is 0.254. The molecule has 1 fully saturated rings. The Kier molecular flexibility index (Phi) is 8.06. The van der Waals surface area contributed by atoms with Crippen molar-refractivity contribution in [2.24, 2.45) is 0 Å². The van der Waals surface area contributed by atoms with Crippen LogP contribution in [0.15, 0.2) is 72.9 Å². The average molecular weight is 615 g/mol. The van der Waals surface area contributed by atoms with Crippen molar-refractivity contribution in [3.63, 3.8) is 0 Å². The van der Waals surface area contributed by atoms with Gasteiger partial charge in [-0.25, -0.2) is 22.7 Å². The van der Waals surface area contributed by atoms with Gasteiger partial charge in [-0.05, 0) is 54.8 Å². The molecule has 3 aromatic heterocycles. The number of hydrogen-bond acceptors (Lipinski definition) is 8. The van der Waals surface area contributed by atoms with Crippen LogP contribution in [-0.4, -0.2) is 82.9 Å². The molecule has 1 amide bonds. The molecule has 228 valence electrons. The van der Waals surface area contributed by atoms with Gasteiger partial charge < -0.3 is 19.9 Å². The van der Waals surface area contributed by atoms with Crippen LogP contribution in [0, 0.1) is 0 Å². The number of carbonyl (C=O) groups is 1. The third-order valence-electron chi connectivity index (χ3n) is 7.98. The molecule has 1 aliphatic heterocycles. The van der Waals surface area contributed by atoms with Gasteiger partial charge in [0.1, 0.15) is 17.3 Å². The number of imidazole rings is 1.